The molecule has 0 radical (unpaired) electrons. The number of amides is 1. The van der Waals surface area contributed by atoms with Gasteiger partial charge in [-0.1, -0.05) is 0 Å². The molecular weight excluding hydrogens is 308 g/mol. The lowest BCUT2D eigenvalue weighted by Gasteiger charge is -2.15. The maximum Gasteiger partial charge on any atom is 0.241 e. The highest BCUT2D eigenvalue weighted by Gasteiger charge is 2.27. The molecule has 1 saturated heterocycles. The van der Waals surface area contributed by atoms with Gasteiger partial charge < -0.3 is 10.2 Å². The van der Waals surface area contributed by atoms with Gasteiger partial charge in [0, 0.05) is 25.1 Å². The molecule has 1 aromatic heterocycles. The minimum Gasteiger partial charge on any atom is -0.361 e. The number of rotatable bonds is 4. The van der Waals surface area contributed by atoms with Crippen LogP contribution in [0.3, 0.4) is 0 Å². The van der Waals surface area contributed by atoms with E-state index in [4.69, 9.17) is 0 Å². The van der Waals surface area contributed by atoms with Crippen molar-refractivity contribution in [1.82, 2.24) is 14.9 Å². The fourth-order valence-corrected chi connectivity index (χ4v) is 2.69. The van der Waals surface area contributed by atoms with Crippen LogP contribution < -0.4 is 5.32 Å². The molecule has 6 heteroatoms. The zero-order valence-electron chi connectivity index (χ0n) is 10.7. The summed E-state index contributed by atoms with van der Waals surface area (Å²) in [7, 11) is 0. The van der Waals surface area contributed by atoms with E-state index >= 15 is 0 Å². The number of carbonyl (C=O) groups excluding carboxylic acids is 1. The summed E-state index contributed by atoms with van der Waals surface area (Å²) in [5, 5.41) is 3.11. The maximum absolute atomic E-state index is 11.9. The second kappa shape index (κ2) is 5.45. The predicted octanol–water partition coefficient (Wildman–Crippen LogP) is 2.15. The fourth-order valence-electron chi connectivity index (χ4n) is 2.29. The standard InChI is InChI=1S/C13H17BrN4O/c14-10-7-11(17-13(16-10)9-3-4-9)15-8-12(19)18-5-1-2-6-18/h7,9H,1-6,8H2,(H,15,16,17). The first-order valence-corrected chi connectivity index (χ1v) is 7.58. The molecule has 1 aromatic rings. The first-order valence-electron chi connectivity index (χ1n) is 6.78. The highest BCUT2D eigenvalue weighted by molar-refractivity contribution is 9.10. The van der Waals surface area contributed by atoms with Crippen LogP contribution >= 0.6 is 15.9 Å². The van der Waals surface area contributed by atoms with Crippen LogP contribution in [0.2, 0.25) is 0 Å². The molecule has 2 aliphatic rings. The molecule has 5 nitrogen and oxygen atoms in total. The van der Waals surface area contributed by atoms with Gasteiger partial charge in [0.05, 0.1) is 6.54 Å². The summed E-state index contributed by atoms with van der Waals surface area (Å²) in [4.78, 5) is 22.7. The van der Waals surface area contributed by atoms with E-state index in [0.29, 0.717) is 12.5 Å². The first kappa shape index (κ1) is 12.8. The van der Waals surface area contributed by atoms with Gasteiger partial charge in [-0.3, -0.25) is 4.79 Å². The molecule has 0 atom stereocenters. The molecule has 1 aliphatic carbocycles. The van der Waals surface area contributed by atoms with Crippen molar-refractivity contribution in [2.45, 2.75) is 31.6 Å². The second-order valence-electron chi connectivity index (χ2n) is 5.15. The van der Waals surface area contributed by atoms with Crippen LogP contribution in [0.25, 0.3) is 0 Å². The van der Waals surface area contributed by atoms with Crippen LogP contribution in [0.4, 0.5) is 5.82 Å². The highest BCUT2D eigenvalue weighted by atomic mass is 79.9. The average Bonchev–Trinajstić information content (AvgIpc) is 3.11. The normalized spacial score (nSPS) is 18.7. The van der Waals surface area contributed by atoms with Gasteiger partial charge in [0.1, 0.15) is 16.2 Å². The molecule has 102 valence electrons. The molecule has 2 fully saturated rings. The first-order chi connectivity index (χ1) is 9.22. The van der Waals surface area contributed by atoms with E-state index < -0.39 is 0 Å². The summed E-state index contributed by atoms with van der Waals surface area (Å²) in [6.45, 7) is 2.09. The summed E-state index contributed by atoms with van der Waals surface area (Å²) in [6, 6.07) is 1.82. The van der Waals surface area contributed by atoms with Gasteiger partial charge in [-0.25, -0.2) is 9.97 Å². The third kappa shape index (κ3) is 3.23. The van der Waals surface area contributed by atoms with Gasteiger partial charge >= 0.3 is 0 Å². The Hall–Kier alpha value is -1.17. The van der Waals surface area contributed by atoms with Crippen LogP contribution in [0.5, 0.6) is 0 Å². The van der Waals surface area contributed by atoms with Crippen LogP contribution in [0, 0.1) is 0 Å². The van der Waals surface area contributed by atoms with E-state index in [9.17, 15) is 4.79 Å². The summed E-state index contributed by atoms with van der Waals surface area (Å²) >= 11 is 3.40. The highest BCUT2D eigenvalue weighted by Crippen LogP contribution is 2.38. The van der Waals surface area contributed by atoms with Crippen molar-refractivity contribution < 1.29 is 4.79 Å². The summed E-state index contributed by atoms with van der Waals surface area (Å²) in [5.74, 6) is 2.27. The van der Waals surface area contributed by atoms with E-state index in [0.717, 1.165) is 42.2 Å². The van der Waals surface area contributed by atoms with Crippen LogP contribution in [-0.2, 0) is 4.79 Å². The van der Waals surface area contributed by atoms with Crippen LogP contribution in [0.1, 0.15) is 37.4 Å². The Morgan fingerprint density at radius 2 is 2.11 bits per heavy atom. The third-order valence-corrected chi connectivity index (χ3v) is 3.94. The molecule has 2 heterocycles. The Kier molecular flexibility index (Phi) is 3.68. The Morgan fingerprint density at radius 1 is 1.37 bits per heavy atom. The zero-order valence-corrected chi connectivity index (χ0v) is 12.3. The largest absolute Gasteiger partial charge is 0.361 e. The number of carbonyl (C=O) groups is 1. The molecule has 3 rings (SSSR count). The van der Waals surface area contributed by atoms with Gasteiger partial charge in [0.15, 0.2) is 0 Å². The summed E-state index contributed by atoms with van der Waals surface area (Å²) in [5.41, 5.74) is 0. The molecule has 19 heavy (non-hydrogen) atoms. The quantitative estimate of drug-likeness (QED) is 0.862. The molecule has 1 aliphatic heterocycles. The van der Waals surface area contributed by atoms with Gasteiger partial charge in [-0.15, -0.1) is 0 Å². The van der Waals surface area contributed by atoms with Crippen molar-refractivity contribution in [3.05, 3.63) is 16.5 Å². The van der Waals surface area contributed by atoms with E-state index in [2.05, 4.69) is 31.2 Å². The Bertz CT molecular complexity index is 484. The van der Waals surface area contributed by atoms with Gasteiger partial charge in [0.25, 0.3) is 0 Å². The third-order valence-electron chi connectivity index (χ3n) is 3.53. The SMILES string of the molecule is O=C(CNc1cc(Br)nc(C2CC2)n1)N1CCCC1. The molecule has 1 saturated carbocycles. The lowest BCUT2D eigenvalue weighted by molar-refractivity contribution is -0.128. The van der Waals surface area contributed by atoms with Crippen LogP contribution in [0.15, 0.2) is 10.7 Å². The van der Waals surface area contributed by atoms with Crippen molar-refractivity contribution in [2.75, 3.05) is 25.0 Å². The van der Waals surface area contributed by atoms with Gasteiger partial charge in [0.2, 0.25) is 5.91 Å². The van der Waals surface area contributed by atoms with Crippen molar-refractivity contribution in [2.24, 2.45) is 0 Å². The monoisotopic (exact) mass is 324 g/mol. The molecule has 1 N–H and O–H groups in total. The minimum atomic E-state index is 0.153. The topological polar surface area (TPSA) is 58.1 Å². The maximum atomic E-state index is 11.9. The number of anilines is 1. The minimum absolute atomic E-state index is 0.153. The Balaban J connectivity index is 1.61. The second-order valence-corrected chi connectivity index (χ2v) is 5.96. The number of halogens is 1. The lowest BCUT2D eigenvalue weighted by atomic mass is 10.4. The lowest BCUT2D eigenvalue weighted by Crippen LogP contribution is -2.33. The fraction of sp³-hybridized carbons (Fsp3) is 0.615. The summed E-state index contributed by atoms with van der Waals surface area (Å²) < 4.78 is 0.778. The molecule has 0 unspecified atom stereocenters. The van der Waals surface area contributed by atoms with E-state index in [-0.39, 0.29) is 5.91 Å². The number of hydrogen-bond donors (Lipinski definition) is 1. The number of nitrogens with one attached hydrogen (secondary N) is 1. The molecule has 1 amide bonds. The molecule has 0 aromatic carbocycles. The van der Waals surface area contributed by atoms with Crippen LogP contribution in [-0.4, -0.2) is 40.4 Å². The number of aromatic nitrogens is 2. The van der Waals surface area contributed by atoms with Crippen molar-refractivity contribution in [1.29, 1.82) is 0 Å². The number of hydrogen-bond acceptors (Lipinski definition) is 4. The molecule has 0 bridgehead atoms. The smallest absolute Gasteiger partial charge is 0.241 e. The van der Waals surface area contributed by atoms with Crippen molar-refractivity contribution >= 4 is 27.7 Å². The Labute approximate surface area is 120 Å². The summed E-state index contributed by atoms with van der Waals surface area (Å²) in [6.07, 6.45) is 4.58. The average molecular weight is 325 g/mol. The molecular formula is C13H17BrN4O. The zero-order chi connectivity index (χ0) is 13.2. The van der Waals surface area contributed by atoms with Gasteiger partial charge in [-0.2, -0.15) is 0 Å². The number of nitrogens with zero attached hydrogens (tertiary/aromatic N) is 3. The van der Waals surface area contributed by atoms with E-state index in [1.165, 1.54) is 12.8 Å². The van der Waals surface area contributed by atoms with Crippen molar-refractivity contribution in [3.63, 3.8) is 0 Å². The van der Waals surface area contributed by atoms with Crippen molar-refractivity contribution in [3.8, 4) is 0 Å². The Morgan fingerprint density at radius 3 is 2.79 bits per heavy atom. The predicted molar refractivity (Wildman–Crippen MR) is 76.0 cm³/mol. The number of likely N-dealkylation sites (tertiary alicyclic amines) is 1. The van der Waals surface area contributed by atoms with E-state index in [1.807, 2.05) is 11.0 Å². The van der Waals surface area contributed by atoms with Gasteiger partial charge in [-0.05, 0) is 41.6 Å². The molecule has 0 spiro atoms. The van der Waals surface area contributed by atoms with E-state index in [1.54, 1.807) is 0 Å².